The highest BCUT2D eigenvalue weighted by molar-refractivity contribution is 8.00. The first kappa shape index (κ1) is 13.6. The number of thioether (sulfide) groups is 1. The monoisotopic (exact) mass is 308 g/mol. The van der Waals surface area contributed by atoms with E-state index in [0.29, 0.717) is 24.8 Å². The Hall–Kier alpha value is -1.34. The molecule has 0 radical (unpaired) electrons. The van der Waals surface area contributed by atoms with Crippen molar-refractivity contribution >= 4 is 29.0 Å². The summed E-state index contributed by atoms with van der Waals surface area (Å²) in [5.74, 6) is 0.0272. The maximum Gasteiger partial charge on any atom is 0.273 e. The van der Waals surface area contributed by atoms with Gasteiger partial charge in [-0.1, -0.05) is 11.8 Å². The predicted octanol–water partition coefficient (Wildman–Crippen LogP) is 2.38. The van der Waals surface area contributed by atoms with Gasteiger partial charge in [0.15, 0.2) is 0 Å². The maximum absolute atomic E-state index is 12.3. The van der Waals surface area contributed by atoms with Crippen molar-refractivity contribution in [1.29, 1.82) is 0 Å². The maximum atomic E-state index is 12.3. The van der Waals surface area contributed by atoms with Crippen LogP contribution in [0.5, 0.6) is 0 Å². The van der Waals surface area contributed by atoms with Crippen LogP contribution in [-0.4, -0.2) is 44.9 Å². The van der Waals surface area contributed by atoms with E-state index in [-0.39, 0.29) is 5.91 Å². The molecule has 1 aliphatic heterocycles. The Morgan fingerprint density at radius 2 is 2.20 bits per heavy atom. The molecule has 1 amide bonds. The van der Waals surface area contributed by atoms with Crippen molar-refractivity contribution in [3.8, 4) is 0 Å². The summed E-state index contributed by atoms with van der Waals surface area (Å²) in [6, 6.07) is 2.36. The molecule has 2 aromatic heterocycles. The van der Waals surface area contributed by atoms with Gasteiger partial charge in [-0.2, -0.15) is 5.10 Å². The number of hydrogen-bond acceptors (Lipinski definition) is 5. The lowest BCUT2D eigenvalue weighted by Gasteiger charge is -2.39. The third-order valence-corrected chi connectivity index (χ3v) is 5.28. The van der Waals surface area contributed by atoms with E-state index in [1.165, 1.54) is 11.3 Å². The zero-order valence-electron chi connectivity index (χ0n) is 11.7. The second kappa shape index (κ2) is 5.21. The fraction of sp³-hybridized carbons (Fsp3) is 0.462. The standard InChI is InChI=1S/C13H16N4OS2/c1-8-4-9(2)17(15-8)10-5-16(6-10)12(18)11-7-20-13(14-11)19-3/h4,7,10H,5-6H2,1-3H3. The Bertz CT molecular complexity index is 643. The fourth-order valence-electron chi connectivity index (χ4n) is 2.40. The van der Waals surface area contributed by atoms with Crippen LogP contribution in [0.3, 0.4) is 0 Å². The minimum atomic E-state index is 0.0272. The summed E-state index contributed by atoms with van der Waals surface area (Å²) >= 11 is 3.09. The Balaban J connectivity index is 1.65. The minimum Gasteiger partial charge on any atom is -0.333 e. The van der Waals surface area contributed by atoms with Gasteiger partial charge in [0.25, 0.3) is 5.91 Å². The van der Waals surface area contributed by atoms with E-state index in [0.717, 1.165) is 15.7 Å². The molecule has 1 aliphatic rings. The van der Waals surface area contributed by atoms with Crippen LogP contribution in [0.25, 0.3) is 0 Å². The van der Waals surface area contributed by atoms with Crippen LogP contribution in [-0.2, 0) is 0 Å². The molecule has 7 heteroatoms. The molecule has 0 spiro atoms. The smallest absolute Gasteiger partial charge is 0.273 e. The Morgan fingerprint density at radius 1 is 1.45 bits per heavy atom. The van der Waals surface area contributed by atoms with Crippen LogP contribution < -0.4 is 0 Å². The molecule has 5 nitrogen and oxygen atoms in total. The van der Waals surface area contributed by atoms with Crippen LogP contribution in [0.15, 0.2) is 15.8 Å². The average molecular weight is 308 g/mol. The van der Waals surface area contributed by atoms with E-state index in [2.05, 4.69) is 23.1 Å². The van der Waals surface area contributed by atoms with Gasteiger partial charge in [-0.3, -0.25) is 9.48 Å². The molecule has 106 valence electrons. The number of aryl methyl sites for hydroxylation is 2. The normalized spacial score (nSPS) is 15.4. The fourth-order valence-corrected chi connectivity index (χ4v) is 3.64. The van der Waals surface area contributed by atoms with E-state index >= 15 is 0 Å². The zero-order valence-corrected chi connectivity index (χ0v) is 13.3. The summed E-state index contributed by atoms with van der Waals surface area (Å²) in [5, 5.41) is 6.32. The molecule has 1 fully saturated rings. The third kappa shape index (κ3) is 2.35. The van der Waals surface area contributed by atoms with Crippen LogP contribution in [0.4, 0.5) is 0 Å². The average Bonchev–Trinajstić information content (AvgIpc) is 2.94. The topological polar surface area (TPSA) is 51.0 Å². The van der Waals surface area contributed by atoms with Crippen LogP contribution in [0.1, 0.15) is 27.9 Å². The number of rotatable bonds is 3. The molecular formula is C13H16N4OS2. The summed E-state index contributed by atoms with van der Waals surface area (Å²) in [6.45, 7) is 5.47. The molecule has 0 atom stereocenters. The number of hydrogen-bond donors (Lipinski definition) is 0. The van der Waals surface area contributed by atoms with Gasteiger partial charge in [-0.15, -0.1) is 11.3 Å². The summed E-state index contributed by atoms with van der Waals surface area (Å²) in [4.78, 5) is 18.4. The minimum absolute atomic E-state index is 0.0272. The zero-order chi connectivity index (χ0) is 14.3. The largest absolute Gasteiger partial charge is 0.333 e. The highest BCUT2D eigenvalue weighted by Crippen LogP contribution is 2.26. The van der Waals surface area contributed by atoms with Gasteiger partial charge in [0.05, 0.1) is 11.7 Å². The van der Waals surface area contributed by atoms with E-state index in [4.69, 9.17) is 0 Å². The molecule has 0 unspecified atom stereocenters. The molecule has 3 heterocycles. The first-order chi connectivity index (χ1) is 9.58. The first-order valence-electron chi connectivity index (χ1n) is 6.40. The van der Waals surface area contributed by atoms with E-state index in [1.54, 1.807) is 11.8 Å². The Morgan fingerprint density at radius 3 is 2.75 bits per heavy atom. The second-order valence-corrected chi connectivity index (χ2v) is 6.85. The van der Waals surface area contributed by atoms with Gasteiger partial charge in [0.2, 0.25) is 0 Å². The number of likely N-dealkylation sites (tertiary alicyclic amines) is 1. The lowest BCUT2D eigenvalue weighted by Crippen LogP contribution is -2.51. The number of thiazole rings is 1. The number of nitrogens with zero attached hydrogens (tertiary/aromatic N) is 4. The second-order valence-electron chi connectivity index (χ2n) is 4.94. The molecular weight excluding hydrogens is 292 g/mol. The SMILES string of the molecule is CSc1nc(C(=O)N2CC(n3nc(C)cc3C)C2)cs1. The van der Waals surface area contributed by atoms with Gasteiger partial charge < -0.3 is 4.90 Å². The molecule has 2 aromatic rings. The summed E-state index contributed by atoms with van der Waals surface area (Å²) in [7, 11) is 0. The van der Waals surface area contributed by atoms with Gasteiger partial charge in [-0.05, 0) is 26.2 Å². The van der Waals surface area contributed by atoms with Crippen LogP contribution >= 0.6 is 23.1 Å². The van der Waals surface area contributed by atoms with Crippen molar-refractivity contribution in [2.45, 2.75) is 24.2 Å². The van der Waals surface area contributed by atoms with Crippen molar-refractivity contribution in [2.75, 3.05) is 19.3 Å². The first-order valence-corrected chi connectivity index (χ1v) is 8.50. The Labute approximate surface area is 126 Å². The quantitative estimate of drug-likeness (QED) is 0.817. The summed E-state index contributed by atoms with van der Waals surface area (Å²) in [6.07, 6.45) is 1.97. The van der Waals surface area contributed by atoms with Crippen LogP contribution in [0.2, 0.25) is 0 Å². The molecule has 0 bridgehead atoms. The summed E-state index contributed by atoms with van der Waals surface area (Å²) < 4.78 is 2.96. The number of aromatic nitrogens is 3. The van der Waals surface area contributed by atoms with E-state index < -0.39 is 0 Å². The van der Waals surface area contributed by atoms with Crippen molar-refractivity contribution in [2.24, 2.45) is 0 Å². The van der Waals surface area contributed by atoms with E-state index in [9.17, 15) is 4.79 Å². The molecule has 20 heavy (non-hydrogen) atoms. The van der Waals surface area contributed by atoms with Crippen molar-refractivity contribution < 1.29 is 4.79 Å². The highest BCUT2D eigenvalue weighted by Gasteiger charge is 2.34. The van der Waals surface area contributed by atoms with Gasteiger partial charge >= 0.3 is 0 Å². The molecule has 1 saturated heterocycles. The van der Waals surface area contributed by atoms with Crippen molar-refractivity contribution in [1.82, 2.24) is 19.7 Å². The molecule has 0 aromatic carbocycles. The van der Waals surface area contributed by atoms with E-state index in [1.807, 2.05) is 28.1 Å². The number of carbonyl (C=O) groups excluding carboxylic acids is 1. The molecule has 0 N–H and O–H groups in total. The van der Waals surface area contributed by atoms with Crippen molar-refractivity contribution in [3.05, 3.63) is 28.5 Å². The van der Waals surface area contributed by atoms with Gasteiger partial charge in [0, 0.05) is 24.2 Å². The van der Waals surface area contributed by atoms with Crippen LogP contribution in [0, 0.1) is 13.8 Å². The number of amides is 1. The molecule has 0 aliphatic carbocycles. The lowest BCUT2D eigenvalue weighted by molar-refractivity contribution is 0.0492. The number of carbonyl (C=O) groups is 1. The van der Waals surface area contributed by atoms with Gasteiger partial charge in [-0.25, -0.2) is 4.98 Å². The highest BCUT2D eigenvalue weighted by atomic mass is 32.2. The summed E-state index contributed by atoms with van der Waals surface area (Å²) in [5.41, 5.74) is 2.74. The molecule has 0 saturated carbocycles. The third-order valence-electron chi connectivity index (χ3n) is 3.42. The predicted molar refractivity (Wildman–Crippen MR) is 80.5 cm³/mol. The van der Waals surface area contributed by atoms with Crippen molar-refractivity contribution in [3.63, 3.8) is 0 Å². The Kier molecular flexibility index (Phi) is 3.55. The van der Waals surface area contributed by atoms with Gasteiger partial charge in [0.1, 0.15) is 10.0 Å². The lowest BCUT2D eigenvalue weighted by atomic mass is 10.1. The molecule has 3 rings (SSSR count).